The lowest BCUT2D eigenvalue weighted by Gasteiger charge is -2.35. The Balaban J connectivity index is 1.74. The third kappa shape index (κ3) is 7.47. The molecule has 8 heteroatoms. The zero-order chi connectivity index (χ0) is 23.8. The SMILES string of the molecule is CCCC(C)OC(C)NC1=C(C(=N)N)NC(=O)CN1CC1=CC=C(CN2CCCC2)CC=C1. The third-order valence-corrected chi connectivity index (χ3v) is 6.14. The summed E-state index contributed by atoms with van der Waals surface area (Å²) < 4.78 is 6.05. The van der Waals surface area contributed by atoms with Crippen molar-refractivity contribution in [1.29, 1.82) is 5.41 Å². The van der Waals surface area contributed by atoms with E-state index in [1.807, 2.05) is 11.8 Å². The Morgan fingerprint density at radius 2 is 2.03 bits per heavy atom. The Kier molecular flexibility index (Phi) is 9.14. The molecule has 0 radical (unpaired) electrons. The van der Waals surface area contributed by atoms with Gasteiger partial charge in [0.05, 0.1) is 12.6 Å². The minimum Gasteiger partial charge on any atom is -0.382 e. The van der Waals surface area contributed by atoms with Crippen molar-refractivity contribution in [1.82, 2.24) is 20.4 Å². The molecule has 0 aromatic carbocycles. The van der Waals surface area contributed by atoms with E-state index in [1.165, 1.54) is 31.5 Å². The van der Waals surface area contributed by atoms with Crippen molar-refractivity contribution >= 4 is 11.7 Å². The number of hydrogen-bond donors (Lipinski definition) is 4. The van der Waals surface area contributed by atoms with Crippen LogP contribution in [-0.4, -0.2) is 66.6 Å². The molecular formula is C25H40N6O2. The summed E-state index contributed by atoms with van der Waals surface area (Å²) >= 11 is 0. The summed E-state index contributed by atoms with van der Waals surface area (Å²) in [5.41, 5.74) is 8.64. The summed E-state index contributed by atoms with van der Waals surface area (Å²) in [7, 11) is 0. The molecule has 2 atom stereocenters. The number of nitrogens with zero attached hydrogens (tertiary/aromatic N) is 2. The first-order chi connectivity index (χ1) is 15.9. The number of carbonyl (C=O) groups is 1. The molecule has 0 aromatic rings. The van der Waals surface area contributed by atoms with Gasteiger partial charge in [0, 0.05) is 13.1 Å². The topological polar surface area (TPSA) is 107 Å². The van der Waals surface area contributed by atoms with Crippen LogP contribution in [0.15, 0.2) is 47.0 Å². The zero-order valence-electron chi connectivity index (χ0n) is 20.3. The van der Waals surface area contributed by atoms with Gasteiger partial charge in [0.15, 0.2) is 0 Å². The van der Waals surface area contributed by atoms with Gasteiger partial charge in [-0.25, -0.2) is 0 Å². The van der Waals surface area contributed by atoms with Gasteiger partial charge in [-0.2, -0.15) is 0 Å². The smallest absolute Gasteiger partial charge is 0.244 e. The van der Waals surface area contributed by atoms with Crippen LogP contribution < -0.4 is 16.4 Å². The van der Waals surface area contributed by atoms with E-state index in [0.717, 1.165) is 31.4 Å². The highest BCUT2D eigenvalue weighted by Crippen LogP contribution is 2.20. The summed E-state index contributed by atoms with van der Waals surface area (Å²) in [6.07, 6.45) is 14.1. The summed E-state index contributed by atoms with van der Waals surface area (Å²) in [4.78, 5) is 16.8. The van der Waals surface area contributed by atoms with Crippen molar-refractivity contribution in [2.45, 2.75) is 65.2 Å². The van der Waals surface area contributed by atoms with Gasteiger partial charge in [-0.3, -0.25) is 15.1 Å². The minimum atomic E-state index is -0.293. The van der Waals surface area contributed by atoms with E-state index in [-0.39, 0.29) is 30.6 Å². The zero-order valence-corrected chi connectivity index (χ0v) is 20.3. The number of amides is 1. The molecule has 1 amide bonds. The first kappa shape index (κ1) is 25.1. The molecular weight excluding hydrogens is 416 g/mol. The van der Waals surface area contributed by atoms with Crippen molar-refractivity contribution in [3.8, 4) is 0 Å². The molecule has 5 N–H and O–H groups in total. The molecule has 182 valence electrons. The standard InChI is InChI=1S/C25H40N6O2/c1-4-8-18(2)33-19(3)28-25-23(24(26)27)29-22(32)17-31(25)16-21-10-7-9-20(11-12-21)15-30-13-5-6-14-30/h7,10-12,18-19,28H,4-6,8-9,13-17H2,1-3H3,(H3,26,27)(H,29,32). The van der Waals surface area contributed by atoms with E-state index < -0.39 is 0 Å². The number of rotatable bonds is 11. The summed E-state index contributed by atoms with van der Waals surface area (Å²) in [5.74, 6) is 0.266. The molecule has 0 bridgehead atoms. The first-order valence-corrected chi connectivity index (χ1v) is 12.2. The molecule has 3 aliphatic rings. The van der Waals surface area contributed by atoms with Gasteiger partial charge in [-0.15, -0.1) is 0 Å². The normalized spacial score (nSPS) is 21.3. The van der Waals surface area contributed by atoms with Crippen molar-refractivity contribution in [3.05, 3.63) is 47.0 Å². The summed E-state index contributed by atoms with van der Waals surface area (Å²) in [5, 5.41) is 14.1. The monoisotopic (exact) mass is 456 g/mol. The van der Waals surface area contributed by atoms with E-state index in [0.29, 0.717) is 18.1 Å². The largest absolute Gasteiger partial charge is 0.382 e. The Morgan fingerprint density at radius 3 is 2.73 bits per heavy atom. The molecule has 33 heavy (non-hydrogen) atoms. The summed E-state index contributed by atoms with van der Waals surface area (Å²) in [6, 6.07) is 0. The fourth-order valence-corrected chi connectivity index (χ4v) is 4.57. The van der Waals surface area contributed by atoms with Crippen LogP contribution in [0.25, 0.3) is 0 Å². The molecule has 8 nitrogen and oxygen atoms in total. The highest BCUT2D eigenvalue weighted by molar-refractivity contribution is 6.00. The van der Waals surface area contributed by atoms with Crippen LogP contribution in [-0.2, 0) is 9.53 Å². The number of amidine groups is 1. The van der Waals surface area contributed by atoms with Crippen LogP contribution in [0.3, 0.4) is 0 Å². The van der Waals surface area contributed by atoms with Gasteiger partial charge >= 0.3 is 0 Å². The van der Waals surface area contributed by atoms with Crippen LogP contribution in [0.4, 0.5) is 0 Å². The maximum atomic E-state index is 12.4. The molecule has 3 rings (SSSR count). The second kappa shape index (κ2) is 12.0. The van der Waals surface area contributed by atoms with Crippen LogP contribution in [0, 0.1) is 5.41 Å². The molecule has 1 saturated heterocycles. The predicted molar refractivity (Wildman–Crippen MR) is 132 cm³/mol. The lowest BCUT2D eigenvalue weighted by Crippen LogP contribution is -2.52. The number of nitrogens with two attached hydrogens (primary N) is 1. The lowest BCUT2D eigenvalue weighted by atomic mass is 10.1. The number of nitrogens with one attached hydrogen (secondary N) is 3. The minimum absolute atomic E-state index is 0.108. The van der Waals surface area contributed by atoms with E-state index >= 15 is 0 Å². The second-order valence-corrected chi connectivity index (χ2v) is 9.22. The summed E-state index contributed by atoms with van der Waals surface area (Å²) in [6.45, 7) is 10.2. The fraction of sp³-hybridized carbons (Fsp3) is 0.600. The van der Waals surface area contributed by atoms with E-state index in [1.54, 1.807) is 0 Å². The van der Waals surface area contributed by atoms with E-state index in [9.17, 15) is 4.79 Å². The van der Waals surface area contributed by atoms with Gasteiger partial charge in [0.25, 0.3) is 0 Å². The van der Waals surface area contributed by atoms with Gasteiger partial charge in [0.1, 0.15) is 23.6 Å². The maximum Gasteiger partial charge on any atom is 0.244 e. The number of allylic oxidation sites excluding steroid dienone is 3. The molecule has 0 aromatic heterocycles. The molecule has 1 fully saturated rings. The van der Waals surface area contributed by atoms with Crippen molar-refractivity contribution in [3.63, 3.8) is 0 Å². The second-order valence-electron chi connectivity index (χ2n) is 9.22. The van der Waals surface area contributed by atoms with Crippen molar-refractivity contribution < 1.29 is 9.53 Å². The highest BCUT2D eigenvalue weighted by Gasteiger charge is 2.28. The van der Waals surface area contributed by atoms with Crippen molar-refractivity contribution in [2.75, 3.05) is 32.7 Å². The van der Waals surface area contributed by atoms with E-state index in [2.05, 4.69) is 53.7 Å². The Hall–Kier alpha value is -2.58. The van der Waals surface area contributed by atoms with Crippen LogP contribution in [0.5, 0.6) is 0 Å². The number of ether oxygens (including phenoxy) is 1. The highest BCUT2D eigenvalue weighted by atomic mass is 16.5. The van der Waals surface area contributed by atoms with Gasteiger partial charge in [0.2, 0.25) is 5.91 Å². The van der Waals surface area contributed by atoms with Crippen LogP contribution >= 0.6 is 0 Å². The number of carbonyl (C=O) groups excluding carboxylic acids is 1. The van der Waals surface area contributed by atoms with Crippen molar-refractivity contribution in [2.24, 2.45) is 5.73 Å². The molecule has 2 unspecified atom stereocenters. The Labute approximate surface area is 198 Å². The molecule has 0 saturated carbocycles. The predicted octanol–water partition coefficient (Wildman–Crippen LogP) is 2.57. The Bertz CT molecular complexity index is 838. The molecule has 2 heterocycles. The van der Waals surface area contributed by atoms with Crippen LogP contribution in [0.1, 0.15) is 52.9 Å². The van der Waals surface area contributed by atoms with Gasteiger partial charge in [-0.1, -0.05) is 43.2 Å². The lowest BCUT2D eigenvalue weighted by molar-refractivity contribution is -0.122. The number of hydrogen-bond acceptors (Lipinski definition) is 6. The van der Waals surface area contributed by atoms with Gasteiger partial charge < -0.3 is 26.0 Å². The Morgan fingerprint density at radius 1 is 1.27 bits per heavy atom. The molecule has 2 aliphatic heterocycles. The van der Waals surface area contributed by atoms with Crippen LogP contribution in [0.2, 0.25) is 0 Å². The fourth-order valence-electron chi connectivity index (χ4n) is 4.57. The number of likely N-dealkylation sites (tertiary alicyclic amines) is 1. The van der Waals surface area contributed by atoms with E-state index in [4.69, 9.17) is 15.9 Å². The first-order valence-electron chi connectivity index (χ1n) is 12.2. The third-order valence-electron chi connectivity index (χ3n) is 6.14. The maximum absolute atomic E-state index is 12.4. The quantitative estimate of drug-likeness (QED) is 0.216. The molecule has 1 aliphatic carbocycles. The average molecular weight is 457 g/mol. The average Bonchev–Trinajstić information content (AvgIpc) is 3.16. The van der Waals surface area contributed by atoms with Gasteiger partial charge in [-0.05, 0) is 58.2 Å². The molecule has 0 spiro atoms.